The van der Waals surface area contributed by atoms with Crippen molar-refractivity contribution in [2.75, 3.05) is 10.6 Å². The third-order valence-electron chi connectivity index (χ3n) is 6.18. The van der Waals surface area contributed by atoms with Crippen LogP contribution in [0.25, 0.3) is 0 Å². The van der Waals surface area contributed by atoms with Gasteiger partial charge in [0.1, 0.15) is 18.4 Å². The molecule has 1 unspecified atom stereocenters. The van der Waals surface area contributed by atoms with Gasteiger partial charge in [-0.05, 0) is 72.7 Å². The number of hydrogen-bond donors (Lipinski definition) is 2. The zero-order valence-electron chi connectivity index (χ0n) is 20.1. The Morgan fingerprint density at radius 3 is 2.64 bits per heavy atom. The van der Waals surface area contributed by atoms with Crippen molar-refractivity contribution >= 4 is 33.5 Å². The Bertz CT molecular complexity index is 1460. The van der Waals surface area contributed by atoms with Gasteiger partial charge >= 0.3 is 0 Å². The van der Waals surface area contributed by atoms with Crippen LogP contribution in [0.3, 0.4) is 0 Å². The van der Waals surface area contributed by atoms with E-state index in [9.17, 15) is 4.79 Å². The third kappa shape index (κ3) is 4.74. The standard InChI is InChI=1S/C27H25BrN6O2/c1-16-8-11-21(12-9-16)30-26(35)24-18(3)29-27-31-32-33-34(27)25(24)22-14-20(28)10-13-23(22)36-15-19-7-5-4-6-17(19)2/h4-14,25H,15H2,1-3H3,(H,30,35)(H,29,31,33). The minimum atomic E-state index is -0.605. The van der Waals surface area contributed by atoms with Crippen LogP contribution in [0.1, 0.15) is 35.2 Å². The number of carbonyl (C=O) groups is 1. The fourth-order valence-electron chi connectivity index (χ4n) is 4.22. The lowest BCUT2D eigenvalue weighted by molar-refractivity contribution is -0.113. The van der Waals surface area contributed by atoms with Crippen LogP contribution in [0.2, 0.25) is 0 Å². The van der Waals surface area contributed by atoms with E-state index in [0.29, 0.717) is 35.3 Å². The predicted octanol–water partition coefficient (Wildman–Crippen LogP) is 5.56. The second-order valence-corrected chi connectivity index (χ2v) is 9.65. The summed E-state index contributed by atoms with van der Waals surface area (Å²) in [4.78, 5) is 13.7. The minimum Gasteiger partial charge on any atom is -0.489 e. The zero-order chi connectivity index (χ0) is 25.2. The number of fused-ring (bicyclic) bond motifs is 1. The highest BCUT2D eigenvalue weighted by atomic mass is 79.9. The van der Waals surface area contributed by atoms with E-state index in [1.807, 2.05) is 74.5 Å². The monoisotopic (exact) mass is 544 g/mol. The van der Waals surface area contributed by atoms with Crippen molar-refractivity contribution in [2.45, 2.75) is 33.4 Å². The number of tetrazole rings is 1. The Morgan fingerprint density at radius 2 is 1.86 bits per heavy atom. The van der Waals surface area contributed by atoms with E-state index in [1.54, 1.807) is 4.68 Å². The molecule has 2 heterocycles. The van der Waals surface area contributed by atoms with Crippen LogP contribution in [0, 0.1) is 13.8 Å². The highest BCUT2D eigenvalue weighted by molar-refractivity contribution is 9.10. The van der Waals surface area contributed by atoms with E-state index in [-0.39, 0.29) is 5.91 Å². The third-order valence-corrected chi connectivity index (χ3v) is 6.67. The number of anilines is 2. The number of nitrogens with zero attached hydrogens (tertiary/aromatic N) is 4. The molecule has 1 aliphatic rings. The van der Waals surface area contributed by atoms with E-state index in [0.717, 1.165) is 26.7 Å². The maximum atomic E-state index is 13.7. The molecule has 8 nitrogen and oxygen atoms in total. The number of hydrogen-bond acceptors (Lipinski definition) is 6. The fraction of sp³-hybridized carbons (Fsp3) is 0.185. The molecule has 1 atom stereocenters. The Kier molecular flexibility index (Phi) is 6.56. The summed E-state index contributed by atoms with van der Waals surface area (Å²) in [5.41, 5.74) is 5.98. The van der Waals surface area contributed by atoms with Gasteiger partial charge in [0.2, 0.25) is 5.95 Å². The van der Waals surface area contributed by atoms with Crippen LogP contribution >= 0.6 is 15.9 Å². The SMILES string of the molecule is CC1=C(C(=O)Nc2ccc(C)cc2)C(c2cc(Br)ccc2OCc2ccccc2C)n2nnnc2N1. The molecule has 1 aliphatic heterocycles. The van der Waals surface area contributed by atoms with Gasteiger partial charge in [-0.3, -0.25) is 4.79 Å². The Balaban J connectivity index is 1.55. The summed E-state index contributed by atoms with van der Waals surface area (Å²) in [5.74, 6) is 0.845. The molecule has 0 radical (unpaired) electrons. The molecular formula is C27H25BrN6O2. The largest absolute Gasteiger partial charge is 0.489 e. The molecule has 0 bridgehead atoms. The van der Waals surface area contributed by atoms with Gasteiger partial charge in [-0.15, -0.1) is 0 Å². The Hall–Kier alpha value is -3.98. The molecule has 0 fully saturated rings. The van der Waals surface area contributed by atoms with Crippen molar-refractivity contribution in [3.63, 3.8) is 0 Å². The number of amides is 1. The number of nitrogens with one attached hydrogen (secondary N) is 2. The number of benzene rings is 3. The van der Waals surface area contributed by atoms with Crippen LogP contribution in [0.4, 0.5) is 11.6 Å². The normalized spacial score (nSPS) is 14.7. The Morgan fingerprint density at radius 1 is 1.08 bits per heavy atom. The van der Waals surface area contributed by atoms with E-state index < -0.39 is 6.04 Å². The molecule has 0 spiro atoms. The molecule has 36 heavy (non-hydrogen) atoms. The summed E-state index contributed by atoms with van der Waals surface area (Å²) in [7, 11) is 0. The average Bonchev–Trinajstić information content (AvgIpc) is 3.32. The van der Waals surface area contributed by atoms with Crippen molar-refractivity contribution in [2.24, 2.45) is 0 Å². The number of aromatic nitrogens is 4. The van der Waals surface area contributed by atoms with Crippen LogP contribution in [-0.2, 0) is 11.4 Å². The van der Waals surface area contributed by atoms with E-state index in [1.165, 1.54) is 0 Å². The predicted molar refractivity (Wildman–Crippen MR) is 142 cm³/mol. The second-order valence-electron chi connectivity index (χ2n) is 8.73. The van der Waals surface area contributed by atoms with Gasteiger partial charge < -0.3 is 15.4 Å². The molecule has 5 rings (SSSR count). The first-order valence-corrected chi connectivity index (χ1v) is 12.3. The van der Waals surface area contributed by atoms with Gasteiger partial charge in [0.05, 0.1) is 5.57 Å². The summed E-state index contributed by atoms with van der Waals surface area (Å²) >= 11 is 3.59. The lowest BCUT2D eigenvalue weighted by atomic mass is 9.94. The molecule has 1 aromatic heterocycles. The molecule has 3 aromatic carbocycles. The highest BCUT2D eigenvalue weighted by Crippen LogP contribution is 2.40. The van der Waals surface area contributed by atoms with Crippen LogP contribution in [0.5, 0.6) is 5.75 Å². The summed E-state index contributed by atoms with van der Waals surface area (Å²) in [6.07, 6.45) is 0. The lowest BCUT2D eigenvalue weighted by Gasteiger charge is -2.29. The number of rotatable bonds is 6. The molecule has 0 saturated heterocycles. The van der Waals surface area contributed by atoms with Crippen LogP contribution < -0.4 is 15.4 Å². The van der Waals surface area contributed by atoms with Crippen molar-refractivity contribution in [1.82, 2.24) is 20.2 Å². The van der Waals surface area contributed by atoms with E-state index in [2.05, 4.69) is 55.1 Å². The van der Waals surface area contributed by atoms with Crippen molar-refractivity contribution in [1.29, 1.82) is 0 Å². The first-order valence-electron chi connectivity index (χ1n) is 11.5. The summed E-state index contributed by atoms with van der Waals surface area (Å²) in [5, 5.41) is 18.3. The maximum absolute atomic E-state index is 13.7. The van der Waals surface area contributed by atoms with Gasteiger partial charge in [0, 0.05) is 21.4 Å². The maximum Gasteiger partial charge on any atom is 0.255 e. The molecule has 0 saturated carbocycles. The molecule has 2 N–H and O–H groups in total. The van der Waals surface area contributed by atoms with Crippen molar-refractivity contribution < 1.29 is 9.53 Å². The fourth-order valence-corrected chi connectivity index (χ4v) is 4.60. The Labute approximate surface area is 217 Å². The molecule has 182 valence electrons. The number of allylic oxidation sites excluding steroid dienone is 1. The average molecular weight is 545 g/mol. The van der Waals surface area contributed by atoms with Crippen molar-refractivity contribution in [3.8, 4) is 5.75 Å². The van der Waals surface area contributed by atoms with Gasteiger partial charge in [-0.25, -0.2) is 0 Å². The smallest absolute Gasteiger partial charge is 0.255 e. The van der Waals surface area contributed by atoms with Gasteiger partial charge in [-0.1, -0.05) is 63.0 Å². The van der Waals surface area contributed by atoms with E-state index >= 15 is 0 Å². The first-order chi connectivity index (χ1) is 17.4. The zero-order valence-corrected chi connectivity index (χ0v) is 21.7. The summed E-state index contributed by atoms with van der Waals surface area (Å²) < 4.78 is 8.78. The molecule has 9 heteroatoms. The van der Waals surface area contributed by atoms with Gasteiger partial charge in [0.15, 0.2) is 0 Å². The minimum absolute atomic E-state index is 0.250. The lowest BCUT2D eigenvalue weighted by Crippen LogP contribution is -2.31. The molecule has 1 amide bonds. The molecular weight excluding hydrogens is 520 g/mol. The van der Waals surface area contributed by atoms with Crippen molar-refractivity contribution in [3.05, 3.63) is 105 Å². The van der Waals surface area contributed by atoms with E-state index in [4.69, 9.17) is 4.74 Å². The summed E-state index contributed by atoms with van der Waals surface area (Å²) in [6.45, 7) is 6.30. The topological polar surface area (TPSA) is 94.0 Å². The quantitative estimate of drug-likeness (QED) is 0.330. The number of ether oxygens (including phenoxy) is 1. The molecule has 4 aromatic rings. The number of carbonyl (C=O) groups excluding carboxylic acids is 1. The number of halogens is 1. The second kappa shape index (κ2) is 9.94. The first kappa shape index (κ1) is 23.7. The van der Waals surface area contributed by atoms with Gasteiger partial charge in [-0.2, -0.15) is 4.68 Å². The molecule has 0 aliphatic carbocycles. The highest BCUT2D eigenvalue weighted by Gasteiger charge is 2.36. The van der Waals surface area contributed by atoms with Crippen LogP contribution in [0.15, 0.2) is 82.5 Å². The summed E-state index contributed by atoms with van der Waals surface area (Å²) in [6, 6.07) is 20.9. The number of aryl methyl sites for hydroxylation is 2. The van der Waals surface area contributed by atoms with Gasteiger partial charge in [0.25, 0.3) is 5.91 Å². The van der Waals surface area contributed by atoms with Crippen LogP contribution in [-0.4, -0.2) is 26.1 Å².